The Labute approximate surface area is 149 Å². The first-order valence-electron chi connectivity index (χ1n) is 9.03. The molecule has 1 atom stereocenters. The highest BCUT2D eigenvalue weighted by Gasteiger charge is 2.19. The van der Waals surface area contributed by atoms with E-state index in [-0.39, 0.29) is 11.8 Å². The molecule has 0 spiro atoms. The summed E-state index contributed by atoms with van der Waals surface area (Å²) < 4.78 is 1.59. The molecule has 2 N–H and O–H groups in total. The molecule has 0 fully saturated rings. The summed E-state index contributed by atoms with van der Waals surface area (Å²) in [6.45, 7) is 4.41. The molecule has 0 aliphatic rings. The summed E-state index contributed by atoms with van der Waals surface area (Å²) in [6.07, 6.45) is 8.31. The Hall–Kier alpha value is -1.55. The maximum atomic E-state index is 10.6. The van der Waals surface area contributed by atoms with Gasteiger partial charge in [-0.25, -0.2) is 3.97 Å². The van der Waals surface area contributed by atoms with E-state index in [1.165, 1.54) is 25.7 Å². The van der Waals surface area contributed by atoms with Crippen LogP contribution in [0.2, 0.25) is 0 Å². The molecule has 2 aromatic rings. The lowest BCUT2D eigenvalue weighted by Gasteiger charge is -2.17. The zero-order valence-electron chi connectivity index (χ0n) is 14.7. The second-order valence-electron chi connectivity index (χ2n) is 6.27. The van der Waals surface area contributed by atoms with Gasteiger partial charge in [-0.3, -0.25) is 0 Å². The van der Waals surface area contributed by atoms with Crippen molar-refractivity contribution in [3.8, 4) is 22.9 Å². The fraction of sp³-hybridized carbons (Fsp3) is 0.500. The first-order chi connectivity index (χ1) is 11.7. The van der Waals surface area contributed by atoms with E-state index >= 15 is 0 Å². The minimum atomic E-state index is 0.117. The van der Waals surface area contributed by atoms with Crippen LogP contribution < -0.4 is 0 Å². The zero-order valence-corrected chi connectivity index (χ0v) is 15.6. The van der Waals surface area contributed by atoms with Crippen molar-refractivity contribution in [1.82, 2.24) is 3.97 Å². The smallest absolute Gasteiger partial charge is 0.212 e. The van der Waals surface area contributed by atoms with Gasteiger partial charge < -0.3 is 10.2 Å². The molecule has 2 rings (SSSR count). The molecule has 1 aromatic heterocycles. The van der Waals surface area contributed by atoms with Crippen molar-refractivity contribution in [2.24, 2.45) is 0 Å². The fourth-order valence-electron chi connectivity index (χ4n) is 2.92. The van der Waals surface area contributed by atoms with Crippen molar-refractivity contribution >= 4 is 11.9 Å². The molecule has 3 nitrogen and oxygen atoms in total. The van der Waals surface area contributed by atoms with Crippen LogP contribution in [0.5, 0.6) is 11.8 Å². The van der Waals surface area contributed by atoms with E-state index < -0.39 is 0 Å². The van der Waals surface area contributed by atoms with E-state index in [9.17, 15) is 10.2 Å². The number of hydrogen-bond donors (Lipinski definition) is 2. The van der Waals surface area contributed by atoms with E-state index in [0.29, 0.717) is 10.8 Å². The average molecular weight is 348 g/mol. The summed E-state index contributed by atoms with van der Waals surface area (Å²) in [7, 11) is 0. The Morgan fingerprint density at radius 1 is 0.958 bits per heavy atom. The average Bonchev–Trinajstić information content (AvgIpc) is 2.87. The highest BCUT2D eigenvalue weighted by Crippen LogP contribution is 2.41. The van der Waals surface area contributed by atoms with Gasteiger partial charge >= 0.3 is 0 Å². The first-order valence-corrected chi connectivity index (χ1v) is 9.87. The highest BCUT2D eigenvalue weighted by molar-refractivity contribution is 7.98. The predicted octanol–water partition coefficient (Wildman–Crippen LogP) is 6.20. The summed E-state index contributed by atoms with van der Waals surface area (Å²) in [6, 6.07) is 11.3. The van der Waals surface area contributed by atoms with Crippen molar-refractivity contribution in [3.05, 3.63) is 36.4 Å². The Balaban J connectivity index is 2.11. The highest BCUT2D eigenvalue weighted by atomic mass is 32.2. The van der Waals surface area contributed by atoms with Crippen molar-refractivity contribution in [2.45, 2.75) is 64.0 Å². The summed E-state index contributed by atoms with van der Waals surface area (Å²) in [5.74, 6) is 0.254. The van der Waals surface area contributed by atoms with Crippen LogP contribution in [0.3, 0.4) is 0 Å². The molecule has 0 amide bonds. The second-order valence-corrected chi connectivity index (χ2v) is 7.51. The van der Waals surface area contributed by atoms with Gasteiger partial charge in [-0.05, 0) is 30.4 Å². The Kier molecular flexibility index (Phi) is 7.57. The quantitative estimate of drug-likeness (QED) is 0.503. The molecule has 0 aliphatic carbocycles. The van der Waals surface area contributed by atoms with Crippen LogP contribution in [-0.2, 0) is 0 Å². The standard InChI is InChI=1S/C20H29NO2S/c1-3-5-6-10-14-17(11-4-2)24-21-19(22)15-18(20(21)23)16-12-8-7-9-13-16/h7-9,12-13,15,17,22-23H,3-6,10-11,14H2,1-2H3. The van der Waals surface area contributed by atoms with E-state index in [1.54, 1.807) is 22.0 Å². The lowest BCUT2D eigenvalue weighted by atomic mass is 10.1. The molecular formula is C20H29NO2S. The number of aromatic hydroxyl groups is 2. The van der Waals surface area contributed by atoms with Gasteiger partial charge in [0.1, 0.15) is 0 Å². The number of hydrogen-bond acceptors (Lipinski definition) is 3. The molecule has 0 saturated heterocycles. The zero-order chi connectivity index (χ0) is 17.4. The van der Waals surface area contributed by atoms with Crippen LogP contribution in [0.4, 0.5) is 0 Å². The third-order valence-corrected chi connectivity index (χ3v) is 5.58. The molecule has 1 heterocycles. The van der Waals surface area contributed by atoms with E-state index in [0.717, 1.165) is 24.8 Å². The van der Waals surface area contributed by atoms with E-state index in [2.05, 4.69) is 13.8 Å². The van der Waals surface area contributed by atoms with Crippen LogP contribution in [0.1, 0.15) is 58.8 Å². The van der Waals surface area contributed by atoms with Crippen molar-refractivity contribution in [1.29, 1.82) is 0 Å². The van der Waals surface area contributed by atoms with Crippen LogP contribution >= 0.6 is 11.9 Å². The number of nitrogens with zero attached hydrogens (tertiary/aromatic N) is 1. The van der Waals surface area contributed by atoms with E-state index in [1.807, 2.05) is 30.3 Å². The largest absolute Gasteiger partial charge is 0.494 e. The van der Waals surface area contributed by atoms with Crippen LogP contribution in [0, 0.1) is 0 Å². The molecule has 0 bridgehead atoms. The topological polar surface area (TPSA) is 45.4 Å². The normalized spacial score (nSPS) is 12.4. The van der Waals surface area contributed by atoms with Gasteiger partial charge in [0.2, 0.25) is 11.8 Å². The maximum Gasteiger partial charge on any atom is 0.212 e. The Bertz CT molecular complexity index is 610. The summed E-state index contributed by atoms with van der Waals surface area (Å²) in [5.41, 5.74) is 1.60. The third-order valence-electron chi connectivity index (χ3n) is 4.24. The Morgan fingerprint density at radius 3 is 2.38 bits per heavy atom. The molecule has 1 unspecified atom stereocenters. The number of benzene rings is 1. The summed E-state index contributed by atoms with van der Waals surface area (Å²) in [5, 5.41) is 21.3. The minimum absolute atomic E-state index is 0.117. The first kappa shape index (κ1) is 18.8. The molecule has 24 heavy (non-hydrogen) atoms. The van der Waals surface area contributed by atoms with Gasteiger partial charge in [0, 0.05) is 16.9 Å². The monoisotopic (exact) mass is 347 g/mol. The van der Waals surface area contributed by atoms with Gasteiger partial charge in [0.25, 0.3) is 0 Å². The van der Waals surface area contributed by atoms with Crippen molar-refractivity contribution < 1.29 is 10.2 Å². The van der Waals surface area contributed by atoms with Gasteiger partial charge in [-0.1, -0.05) is 76.3 Å². The lowest BCUT2D eigenvalue weighted by Crippen LogP contribution is -2.05. The number of unbranched alkanes of at least 4 members (excludes halogenated alkanes) is 3. The second kappa shape index (κ2) is 9.67. The molecule has 0 saturated carbocycles. The number of rotatable bonds is 10. The molecule has 1 aromatic carbocycles. The molecular weight excluding hydrogens is 318 g/mol. The summed E-state index contributed by atoms with van der Waals surface area (Å²) in [4.78, 5) is 0. The van der Waals surface area contributed by atoms with Gasteiger partial charge in [0.15, 0.2) is 0 Å². The molecule has 132 valence electrons. The molecule has 4 heteroatoms. The van der Waals surface area contributed by atoms with Crippen LogP contribution in [0.15, 0.2) is 36.4 Å². The van der Waals surface area contributed by atoms with Crippen LogP contribution in [0.25, 0.3) is 11.1 Å². The molecule has 0 aliphatic heterocycles. The SMILES string of the molecule is CCCCCCC(CCC)Sn1c(O)cc(-c2ccccc2)c1O. The van der Waals surface area contributed by atoms with Crippen molar-refractivity contribution in [3.63, 3.8) is 0 Å². The lowest BCUT2D eigenvalue weighted by molar-refractivity contribution is 0.416. The summed E-state index contributed by atoms with van der Waals surface area (Å²) >= 11 is 1.56. The van der Waals surface area contributed by atoms with Gasteiger partial charge in [-0.15, -0.1) is 0 Å². The molecule has 0 radical (unpaired) electrons. The third kappa shape index (κ3) is 4.97. The minimum Gasteiger partial charge on any atom is -0.494 e. The van der Waals surface area contributed by atoms with Crippen molar-refractivity contribution in [2.75, 3.05) is 0 Å². The van der Waals surface area contributed by atoms with Gasteiger partial charge in [0.05, 0.1) is 0 Å². The van der Waals surface area contributed by atoms with E-state index in [4.69, 9.17) is 0 Å². The predicted molar refractivity (Wildman–Crippen MR) is 104 cm³/mol. The van der Waals surface area contributed by atoms with Gasteiger partial charge in [-0.2, -0.15) is 0 Å². The fourth-order valence-corrected chi connectivity index (χ4v) is 4.19. The maximum absolute atomic E-state index is 10.6. The Morgan fingerprint density at radius 2 is 1.71 bits per heavy atom. The van der Waals surface area contributed by atoms with Crippen LogP contribution in [-0.4, -0.2) is 19.4 Å². The number of aromatic nitrogens is 1.